The van der Waals surface area contributed by atoms with Crippen molar-refractivity contribution in [3.63, 3.8) is 0 Å². The van der Waals surface area contributed by atoms with Crippen LogP contribution in [0.3, 0.4) is 0 Å². The maximum absolute atomic E-state index is 12.3. The van der Waals surface area contributed by atoms with Crippen LogP contribution in [0, 0.1) is 0 Å². The van der Waals surface area contributed by atoms with E-state index in [9.17, 15) is 4.79 Å². The zero-order valence-electron chi connectivity index (χ0n) is 14.8. The topological polar surface area (TPSA) is 47.6 Å². The van der Waals surface area contributed by atoms with Gasteiger partial charge >= 0.3 is 0 Å². The Bertz CT molecular complexity index is 718. The Morgan fingerprint density at radius 3 is 2.69 bits per heavy atom. The van der Waals surface area contributed by atoms with Crippen LogP contribution in [0.5, 0.6) is 11.5 Å². The minimum absolute atomic E-state index is 0.0594. The number of carbonyl (C=O) groups is 1. The fourth-order valence-corrected chi connectivity index (χ4v) is 5.20. The molecule has 4 nitrogen and oxygen atoms in total. The molecule has 0 bridgehead atoms. The van der Waals surface area contributed by atoms with Crippen LogP contribution in [-0.4, -0.2) is 35.5 Å². The molecule has 2 aromatic carbocycles. The number of benzene rings is 2. The molecule has 6 heteroatoms. The third-order valence-electron chi connectivity index (χ3n) is 4.04. The van der Waals surface area contributed by atoms with Crippen molar-refractivity contribution in [1.29, 1.82) is 0 Å². The van der Waals surface area contributed by atoms with Gasteiger partial charge in [0.1, 0.15) is 6.61 Å². The molecule has 1 N–H and O–H groups in total. The zero-order valence-corrected chi connectivity index (χ0v) is 16.4. The molecule has 0 aromatic heterocycles. The molecule has 0 radical (unpaired) electrons. The van der Waals surface area contributed by atoms with Gasteiger partial charge in [0.05, 0.1) is 12.4 Å². The Kier molecular flexibility index (Phi) is 7.14. The van der Waals surface area contributed by atoms with Gasteiger partial charge in [0, 0.05) is 23.8 Å². The van der Waals surface area contributed by atoms with Crippen molar-refractivity contribution in [3.05, 3.63) is 59.7 Å². The minimum Gasteiger partial charge on any atom is -0.493 e. The first-order valence-corrected chi connectivity index (χ1v) is 10.8. The fourth-order valence-electron chi connectivity index (χ4n) is 2.62. The second-order valence-corrected chi connectivity index (χ2v) is 8.37. The van der Waals surface area contributed by atoms with Crippen LogP contribution in [0.1, 0.15) is 11.1 Å². The molecule has 1 aliphatic rings. The molecular formula is C20H23NO3S2. The van der Waals surface area contributed by atoms with E-state index >= 15 is 0 Å². The van der Waals surface area contributed by atoms with E-state index in [0.29, 0.717) is 24.7 Å². The smallest absolute Gasteiger partial charge is 0.234 e. The van der Waals surface area contributed by atoms with Gasteiger partial charge in [0.2, 0.25) is 5.91 Å². The molecule has 3 rings (SSSR count). The number of carbonyl (C=O) groups excluding carboxylic acids is 1. The Morgan fingerprint density at radius 1 is 1.12 bits per heavy atom. The van der Waals surface area contributed by atoms with Crippen LogP contribution in [0.4, 0.5) is 0 Å². The fraction of sp³-hybridized carbons (Fsp3) is 0.350. The van der Waals surface area contributed by atoms with Crippen LogP contribution in [0.2, 0.25) is 0 Å². The van der Waals surface area contributed by atoms with Gasteiger partial charge in [-0.05, 0) is 23.3 Å². The molecule has 2 aromatic rings. The maximum Gasteiger partial charge on any atom is 0.234 e. The van der Waals surface area contributed by atoms with E-state index in [1.54, 1.807) is 18.9 Å². The summed E-state index contributed by atoms with van der Waals surface area (Å²) in [5, 5.41) is 3.09. The highest BCUT2D eigenvalue weighted by Gasteiger charge is 2.21. The first-order chi connectivity index (χ1) is 12.8. The predicted molar refractivity (Wildman–Crippen MR) is 109 cm³/mol. The highest BCUT2D eigenvalue weighted by molar-refractivity contribution is 8.07. The minimum atomic E-state index is 0.0594. The lowest BCUT2D eigenvalue weighted by Gasteiger charge is -2.20. The van der Waals surface area contributed by atoms with Gasteiger partial charge < -0.3 is 14.8 Å². The number of hydrogen-bond acceptors (Lipinski definition) is 5. The van der Waals surface area contributed by atoms with Gasteiger partial charge in [-0.15, -0.1) is 11.8 Å². The van der Waals surface area contributed by atoms with Crippen molar-refractivity contribution in [2.75, 3.05) is 24.4 Å². The molecule has 138 valence electrons. The molecule has 0 spiro atoms. The van der Waals surface area contributed by atoms with E-state index in [2.05, 4.69) is 5.32 Å². The van der Waals surface area contributed by atoms with E-state index in [1.807, 2.05) is 60.3 Å². The van der Waals surface area contributed by atoms with Gasteiger partial charge in [0.25, 0.3) is 0 Å². The summed E-state index contributed by atoms with van der Waals surface area (Å²) in [7, 11) is 1.63. The lowest BCUT2D eigenvalue weighted by molar-refractivity contribution is -0.120. The third-order valence-corrected chi connectivity index (χ3v) is 6.79. The van der Waals surface area contributed by atoms with Crippen LogP contribution >= 0.6 is 23.5 Å². The van der Waals surface area contributed by atoms with Crippen molar-refractivity contribution in [2.24, 2.45) is 0 Å². The van der Waals surface area contributed by atoms with Gasteiger partial charge in [-0.3, -0.25) is 4.79 Å². The number of methoxy groups -OCH3 is 1. The highest BCUT2D eigenvalue weighted by Crippen LogP contribution is 2.29. The quantitative estimate of drug-likeness (QED) is 0.782. The monoisotopic (exact) mass is 389 g/mol. The van der Waals surface area contributed by atoms with Crippen molar-refractivity contribution >= 4 is 29.4 Å². The molecule has 0 aliphatic carbocycles. The van der Waals surface area contributed by atoms with E-state index in [4.69, 9.17) is 9.47 Å². The van der Waals surface area contributed by atoms with Gasteiger partial charge in [-0.2, -0.15) is 11.8 Å². The zero-order chi connectivity index (χ0) is 18.2. The number of amides is 1. The Morgan fingerprint density at radius 2 is 1.96 bits per heavy atom. The third kappa shape index (κ3) is 5.35. The molecule has 1 heterocycles. The van der Waals surface area contributed by atoms with Gasteiger partial charge in [-0.25, -0.2) is 0 Å². The van der Waals surface area contributed by atoms with Crippen molar-refractivity contribution in [1.82, 2.24) is 5.32 Å². The van der Waals surface area contributed by atoms with Crippen molar-refractivity contribution in [2.45, 2.75) is 18.4 Å². The van der Waals surface area contributed by atoms with Crippen LogP contribution in [0.25, 0.3) is 0 Å². The lowest BCUT2D eigenvalue weighted by atomic mass is 10.2. The second-order valence-electron chi connectivity index (χ2n) is 5.91. The average Bonchev–Trinajstić information content (AvgIpc) is 2.72. The first-order valence-electron chi connectivity index (χ1n) is 8.57. The predicted octanol–water partition coefficient (Wildman–Crippen LogP) is 3.74. The summed E-state index contributed by atoms with van der Waals surface area (Å²) in [5.41, 5.74) is 2.10. The summed E-state index contributed by atoms with van der Waals surface area (Å²) in [5.74, 6) is 4.57. The molecule has 1 aliphatic heterocycles. The molecule has 1 atom stereocenters. The Hall–Kier alpha value is -1.79. The molecule has 1 fully saturated rings. The Labute approximate surface area is 163 Å². The largest absolute Gasteiger partial charge is 0.493 e. The van der Waals surface area contributed by atoms with E-state index in [-0.39, 0.29) is 11.2 Å². The van der Waals surface area contributed by atoms with Gasteiger partial charge in [-0.1, -0.05) is 36.4 Å². The van der Waals surface area contributed by atoms with Gasteiger partial charge in [0.15, 0.2) is 11.5 Å². The molecular weight excluding hydrogens is 366 g/mol. The maximum atomic E-state index is 12.3. The van der Waals surface area contributed by atoms with Crippen LogP contribution < -0.4 is 14.8 Å². The normalized spacial score (nSPS) is 16.7. The standard InChI is InChI=1S/C20H23NO3S2/c1-23-18-11-16(12-21-20(22)19-14-25-9-10-26-19)7-8-17(18)24-13-15-5-3-2-4-6-15/h2-8,11,19H,9-10,12-14H2,1H3,(H,21,22)/t19-/m1/s1. The molecule has 0 saturated carbocycles. The molecule has 1 amide bonds. The van der Waals surface area contributed by atoms with E-state index in [1.165, 1.54) is 0 Å². The average molecular weight is 390 g/mol. The summed E-state index contributed by atoms with van der Waals surface area (Å²) in [4.78, 5) is 12.3. The summed E-state index contributed by atoms with van der Waals surface area (Å²) >= 11 is 3.59. The molecule has 1 saturated heterocycles. The number of thioether (sulfide) groups is 2. The van der Waals surface area contributed by atoms with E-state index in [0.717, 1.165) is 28.4 Å². The van der Waals surface area contributed by atoms with Crippen molar-refractivity contribution < 1.29 is 14.3 Å². The number of nitrogens with one attached hydrogen (secondary N) is 1. The summed E-state index contributed by atoms with van der Waals surface area (Å²) in [6, 6.07) is 15.8. The molecule has 0 unspecified atom stereocenters. The summed E-state index contributed by atoms with van der Waals surface area (Å²) < 4.78 is 11.3. The van der Waals surface area contributed by atoms with Crippen molar-refractivity contribution in [3.8, 4) is 11.5 Å². The second kappa shape index (κ2) is 9.78. The van der Waals surface area contributed by atoms with Crippen LogP contribution in [-0.2, 0) is 17.9 Å². The summed E-state index contributed by atoms with van der Waals surface area (Å²) in [6.45, 7) is 0.986. The Balaban J connectivity index is 1.56. The van der Waals surface area contributed by atoms with E-state index < -0.39 is 0 Å². The van der Waals surface area contributed by atoms with Crippen LogP contribution in [0.15, 0.2) is 48.5 Å². The number of ether oxygens (including phenoxy) is 2. The first kappa shape index (κ1) is 19.0. The number of rotatable bonds is 7. The molecule has 26 heavy (non-hydrogen) atoms. The lowest BCUT2D eigenvalue weighted by Crippen LogP contribution is -2.35. The SMILES string of the molecule is COc1cc(CNC(=O)[C@H]2CSCCS2)ccc1OCc1ccccc1. The summed E-state index contributed by atoms with van der Waals surface area (Å²) in [6.07, 6.45) is 0. The highest BCUT2D eigenvalue weighted by atomic mass is 32.2. The number of hydrogen-bond donors (Lipinski definition) is 1.